The fourth-order valence-electron chi connectivity index (χ4n) is 4.07. The molecule has 1 aliphatic heterocycles. The molecule has 138 valence electrons. The van der Waals surface area contributed by atoms with Gasteiger partial charge in [-0.2, -0.15) is 0 Å². The topological polar surface area (TPSA) is 54.9 Å². The van der Waals surface area contributed by atoms with Gasteiger partial charge in [-0.05, 0) is 18.9 Å². The van der Waals surface area contributed by atoms with Crippen LogP contribution in [-0.2, 0) is 16.1 Å². The molecule has 0 aromatic heterocycles. The van der Waals surface area contributed by atoms with Crippen molar-refractivity contribution in [1.29, 1.82) is 0 Å². The molecule has 0 amide bonds. The average molecular weight is 345 g/mol. The van der Waals surface area contributed by atoms with Gasteiger partial charge in [0.2, 0.25) is 0 Å². The molecule has 1 saturated carbocycles. The van der Waals surface area contributed by atoms with E-state index < -0.39 is 0 Å². The third-order valence-corrected chi connectivity index (χ3v) is 5.35. The van der Waals surface area contributed by atoms with Gasteiger partial charge in [0.1, 0.15) is 0 Å². The SMILES string of the molecule is CCNC(=NCCOCc1ccccc1)NC1C2CCOC2C1(C)C. The van der Waals surface area contributed by atoms with E-state index in [0.29, 0.717) is 37.8 Å². The molecule has 5 nitrogen and oxygen atoms in total. The standard InChI is InChI=1S/C20H31N3O2/c1-4-21-19(22-11-13-24-14-15-8-6-5-7-9-15)23-17-16-10-12-25-18(16)20(17,2)3/h5-9,16-18H,4,10-14H2,1-3H3,(H2,21,22,23). The Hall–Kier alpha value is -1.59. The molecular formula is C20H31N3O2. The van der Waals surface area contributed by atoms with Crippen molar-refractivity contribution in [3.05, 3.63) is 35.9 Å². The van der Waals surface area contributed by atoms with Gasteiger partial charge < -0.3 is 20.1 Å². The Morgan fingerprint density at radius 3 is 2.88 bits per heavy atom. The highest BCUT2D eigenvalue weighted by Crippen LogP contribution is 2.52. The van der Waals surface area contributed by atoms with Gasteiger partial charge in [-0.15, -0.1) is 0 Å². The zero-order chi connectivity index (χ0) is 17.7. The third-order valence-electron chi connectivity index (χ3n) is 5.35. The van der Waals surface area contributed by atoms with Gasteiger partial charge in [0, 0.05) is 30.5 Å². The number of guanidine groups is 1. The van der Waals surface area contributed by atoms with Crippen molar-refractivity contribution < 1.29 is 9.47 Å². The molecule has 0 radical (unpaired) electrons. The highest BCUT2D eigenvalue weighted by atomic mass is 16.5. The molecule has 3 rings (SSSR count). The lowest BCUT2D eigenvalue weighted by molar-refractivity contribution is -0.106. The van der Waals surface area contributed by atoms with Crippen LogP contribution in [0.25, 0.3) is 0 Å². The lowest BCUT2D eigenvalue weighted by atomic mass is 9.57. The van der Waals surface area contributed by atoms with E-state index in [4.69, 9.17) is 9.47 Å². The maximum atomic E-state index is 5.87. The second kappa shape index (κ2) is 8.19. The van der Waals surface area contributed by atoms with Gasteiger partial charge >= 0.3 is 0 Å². The zero-order valence-corrected chi connectivity index (χ0v) is 15.6. The minimum Gasteiger partial charge on any atom is -0.377 e. The quantitative estimate of drug-likeness (QED) is 0.453. The van der Waals surface area contributed by atoms with E-state index in [9.17, 15) is 0 Å². The number of rotatable bonds is 7. The summed E-state index contributed by atoms with van der Waals surface area (Å²) in [6.45, 7) is 10.3. The molecule has 1 aliphatic carbocycles. The predicted octanol–water partition coefficient (Wildman–Crippen LogP) is 2.57. The summed E-state index contributed by atoms with van der Waals surface area (Å²) < 4.78 is 11.6. The summed E-state index contributed by atoms with van der Waals surface area (Å²) in [5, 5.41) is 6.98. The van der Waals surface area contributed by atoms with Crippen LogP contribution in [0.1, 0.15) is 32.8 Å². The van der Waals surface area contributed by atoms with E-state index in [1.165, 1.54) is 5.56 Å². The van der Waals surface area contributed by atoms with Crippen LogP contribution >= 0.6 is 0 Å². The molecule has 3 unspecified atom stereocenters. The largest absolute Gasteiger partial charge is 0.377 e. The minimum atomic E-state index is 0.154. The normalized spacial score (nSPS) is 27.5. The number of hydrogen-bond acceptors (Lipinski definition) is 3. The van der Waals surface area contributed by atoms with Crippen LogP contribution in [0, 0.1) is 11.3 Å². The Morgan fingerprint density at radius 2 is 2.12 bits per heavy atom. The van der Waals surface area contributed by atoms with Crippen LogP contribution in [0.2, 0.25) is 0 Å². The van der Waals surface area contributed by atoms with Crippen LogP contribution in [0.5, 0.6) is 0 Å². The second-order valence-electron chi connectivity index (χ2n) is 7.49. The Labute approximate surface area is 151 Å². The molecule has 0 bridgehead atoms. The van der Waals surface area contributed by atoms with Crippen molar-refractivity contribution in [2.75, 3.05) is 26.3 Å². The smallest absolute Gasteiger partial charge is 0.191 e. The van der Waals surface area contributed by atoms with E-state index in [1.807, 2.05) is 18.2 Å². The van der Waals surface area contributed by atoms with Gasteiger partial charge in [-0.3, -0.25) is 4.99 Å². The van der Waals surface area contributed by atoms with Gasteiger partial charge in [0.05, 0.1) is 25.9 Å². The van der Waals surface area contributed by atoms with Crippen LogP contribution in [0.3, 0.4) is 0 Å². The Balaban J connectivity index is 1.46. The van der Waals surface area contributed by atoms with E-state index in [0.717, 1.165) is 25.5 Å². The summed E-state index contributed by atoms with van der Waals surface area (Å²) in [7, 11) is 0. The maximum absolute atomic E-state index is 5.87. The molecule has 1 saturated heterocycles. The number of benzene rings is 1. The molecule has 2 N–H and O–H groups in total. The Morgan fingerprint density at radius 1 is 1.32 bits per heavy atom. The fourth-order valence-corrected chi connectivity index (χ4v) is 4.07. The molecule has 1 heterocycles. The first kappa shape index (κ1) is 18.2. The average Bonchev–Trinajstić information content (AvgIpc) is 3.07. The van der Waals surface area contributed by atoms with Crippen molar-refractivity contribution in [2.24, 2.45) is 16.3 Å². The van der Waals surface area contributed by atoms with Crippen molar-refractivity contribution in [2.45, 2.75) is 45.9 Å². The monoisotopic (exact) mass is 345 g/mol. The van der Waals surface area contributed by atoms with Crippen LogP contribution in [0.4, 0.5) is 0 Å². The molecule has 2 fully saturated rings. The van der Waals surface area contributed by atoms with Crippen molar-refractivity contribution in [3.63, 3.8) is 0 Å². The molecule has 0 spiro atoms. The first-order valence-electron chi connectivity index (χ1n) is 9.41. The second-order valence-corrected chi connectivity index (χ2v) is 7.49. The van der Waals surface area contributed by atoms with Crippen LogP contribution < -0.4 is 10.6 Å². The minimum absolute atomic E-state index is 0.154. The Kier molecular flexibility index (Phi) is 5.97. The summed E-state index contributed by atoms with van der Waals surface area (Å²) in [4.78, 5) is 4.67. The fraction of sp³-hybridized carbons (Fsp3) is 0.650. The van der Waals surface area contributed by atoms with Crippen molar-refractivity contribution in [3.8, 4) is 0 Å². The van der Waals surface area contributed by atoms with Gasteiger partial charge in [-0.25, -0.2) is 0 Å². The zero-order valence-electron chi connectivity index (χ0n) is 15.6. The van der Waals surface area contributed by atoms with Gasteiger partial charge in [-0.1, -0.05) is 44.2 Å². The molecule has 3 atom stereocenters. The number of aliphatic imine (C=N–C) groups is 1. The number of ether oxygens (including phenoxy) is 2. The van der Waals surface area contributed by atoms with Crippen LogP contribution in [0.15, 0.2) is 35.3 Å². The molecule has 1 aromatic carbocycles. The summed E-state index contributed by atoms with van der Waals surface area (Å²) in [6.07, 6.45) is 1.54. The highest BCUT2D eigenvalue weighted by molar-refractivity contribution is 5.80. The van der Waals surface area contributed by atoms with Gasteiger partial charge in [0.25, 0.3) is 0 Å². The van der Waals surface area contributed by atoms with E-state index in [2.05, 4.69) is 48.5 Å². The molecule has 2 aliphatic rings. The van der Waals surface area contributed by atoms with E-state index in [1.54, 1.807) is 0 Å². The maximum Gasteiger partial charge on any atom is 0.191 e. The lowest BCUT2D eigenvalue weighted by Gasteiger charge is -2.54. The highest BCUT2D eigenvalue weighted by Gasteiger charge is 2.59. The van der Waals surface area contributed by atoms with E-state index >= 15 is 0 Å². The third kappa shape index (κ3) is 4.15. The van der Waals surface area contributed by atoms with Crippen molar-refractivity contribution >= 4 is 5.96 Å². The first-order valence-corrected chi connectivity index (χ1v) is 9.41. The molecular weight excluding hydrogens is 314 g/mol. The number of nitrogens with one attached hydrogen (secondary N) is 2. The summed E-state index contributed by atoms with van der Waals surface area (Å²) in [6, 6.07) is 10.7. The molecule has 1 aromatic rings. The van der Waals surface area contributed by atoms with Crippen LogP contribution in [-0.4, -0.2) is 44.4 Å². The number of nitrogens with zero attached hydrogens (tertiary/aromatic N) is 1. The Bertz CT molecular complexity index is 574. The molecule has 25 heavy (non-hydrogen) atoms. The van der Waals surface area contributed by atoms with E-state index in [-0.39, 0.29) is 5.41 Å². The number of fused-ring (bicyclic) bond motifs is 1. The summed E-state index contributed by atoms with van der Waals surface area (Å²) in [5.41, 5.74) is 1.35. The van der Waals surface area contributed by atoms with Gasteiger partial charge in [0.15, 0.2) is 5.96 Å². The summed E-state index contributed by atoms with van der Waals surface area (Å²) in [5.74, 6) is 1.49. The lowest BCUT2D eigenvalue weighted by Crippen LogP contribution is -2.68. The first-order chi connectivity index (χ1) is 12.1. The van der Waals surface area contributed by atoms with Crippen molar-refractivity contribution in [1.82, 2.24) is 10.6 Å². The predicted molar refractivity (Wildman–Crippen MR) is 101 cm³/mol. The number of hydrogen-bond donors (Lipinski definition) is 2. The summed E-state index contributed by atoms with van der Waals surface area (Å²) >= 11 is 0. The molecule has 5 heteroatoms.